The number of ether oxygens (including phenoxy) is 1. The fraction of sp³-hybridized carbons (Fsp3) is 0.308. The smallest absolute Gasteiger partial charge is 0.313 e. The van der Waals surface area contributed by atoms with Crippen molar-refractivity contribution in [3.05, 3.63) is 35.9 Å². The van der Waals surface area contributed by atoms with Crippen LogP contribution in [0.25, 0.3) is 0 Å². The van der Waals surface area contributed by atoms with Crippen LogP contribution in [0.5, 0.6) is 0 Å². The van der Waals surface area contributed by atoms with Crippen LogP contribution in [0.4, 0.5) is 0 Å². The Morgan fingerprint density at radius 3 is 2.62 bits per heavy atom. The van der Waals surface area contributed by atoms with Crippen molar-refractivity contribution in [2.75, 3.05) is 6.61 Å². The molecule has 1 aromatic rings. The van der Waals surface area contributed by atoms with Gasteiger partial charge in [-0.1, -0.05) is 36.3 Å². The first-order valence-corrected chi connectivity index (χ1v) is 5.00. The standard InChI is InChI=1S/C13H14O3/c1-3-10(2)16-9-12(13(14)15)11-7-5-4-6-8-11/h1,4-8,10,12H,9H2,2H3,(H,14,15). The Morgan fingerprint density at radius 2 is 2.12 bits per heavy atom. The average molecular weight is 218 g/mol. The topological polar surface area (TPSA) is 46.5 Å². The van der Waals surface area contributed by atoms with E-state index in [1.165, 1.54) is 0 Å². The summed E-state index contributed by atoms with van der Waals surface area (Å²) >= 11 is 0. The van der Waals surface area contributed by atoms with Crippen molar-refractivity contribution < 1.29 is 14.6 Å². The zero-order valence-corrected chi connectivity index (χ0v) is 9.09. The van der Waals surface area contributed by atoms with Crippen molar-refractivity contribution in [2.45, 2.75) is 18.9 Å². The number of carboxylic acids is 1. The van der Waals surface area contributed by atoms with Gasteiger partial charge in [-0.15, -0.1) is 6.42 Å². The minimum atomic E-state index is -0.907. The largest absolute Gasteiger partial charge is 0.481 e. The molecular formula is C13H14O3. The molecule has 2 unspecified atom stereocenters. The Morgan fingerprint density at radius 1 is 1.50 bits per heavy atom. The summed E-state index contributed by atoms with van der Waals surface area (Å²) in [4.78, 5) is 11.1. The molecule has 0 aliphatic rings. The second-order valence-corrected chi connectivity index (χ2v) is 3.44. The molecular weight excluding hydrogens is 204 g/mol. The molecule has 0 aromatic heterocycles. The highest BCUT2D eigenvalue weighted by atomic mass is 16.5. The number of benzene rings is 1. The summed E-state index contributed by atoms with van der Waals surface area (Å²) < 4.78 is 5.25. The fourth-order valence-electron chi connectivity index (χ4n) is 1.28. The Labute approximate surface area is 95.1 Å². The highest BCUT2D eigenvalue weighted by Gasteiger charge is 2.20. The lowest BCUT2D eigenvalue weighted by atomic mass is 10.0. The van der Waals surface area contributed by atoms with Crippen LogP contribution in [0.2, 0.25) is 0 Å². The molecule has 0 saturated heterocycles. The lowest BCUT2D eigenvalue weighted by Crippen LogP contribution is -2.20. The number of hydrogen-bond acceptors (Lipinski definition) is 2. The van der Waals surface area contributed by atoms with Gasteiger partial charge in [0, 0.05) is 0 Å². The Bertz CT molecular complexity index is 378. The normalized spacial score (nSPS) is 13.8. The Balaban J connectivity index is 2.70. The summed E-state index contributed by atoms with van der Waals surface area (Å²) in [6, 6.07) is 8.98. The van der Waals surface area contributed by atoms with Gasteiger partial charge in [-0.3, -0.25) is 4.79 Å². The van der Waals surface area contributed by atoms with Crippen molar-refractivity contribution in [1.82, 2.24) is 0 Å². The van der Waals surface area contributed by atoms with E-state index in [0.717, 1.165) is 5.56 Å². The number of carbonyl (C=O) groups is 1. The van der Waals surface area contributed by atoms with E-state index in [1.807, 2.05) is 6.07 Å². The van der Waals surface area contributed by atoms with Crippen LogP contribution in [0.3, 0.4) is 0 Å². The molecule has 0 aliphatic heterocycles. The molecule has 2 atom stereocenters. The molecule has 3 heteroatoms. The first-order chi connectivity index (χ1) is 7.65. The summed E-state index contributed by atoms with van der Waals surface area (Å²) in [6.07, 6.45) is 4.78. The summed E-state index contributed by atoms with van der Waals surface area (Å²) in [5.74, 6) is 0.819. The van der Waals surface area contributed by atoms with E-state index in [0.29, 0.717) is 0 Å². The zero-order chi connectivity index (χ0) is 12.0. The van der Waals surface area contributed by atoms with E-state index >= 15 is 0 Å². The lowest BCUT2D eigenvalue weighted by Gasteiger charge is -2.14. The predicted octanol–water partition coefficient (Wildman–Crippen LogP) is 1.89. The van der Waals surface area contributed by atoms with Gasteiger partial charge < -0.3 is 9.84 Å². The molecule has 0 amide bonds. The minimum absolute atomic E-state index is 0.0880. The molecule has 84 valence electrons. The molecule has 0 spiro atoms. The van der Waals surface area contributed by atoms with Crippen LogP contribution < -0.4 is 0 Å². The van der Waals surface area contributed by atoms with E-state index in [1.54, 1.807) is 31.2 Å². The van der Waals surface area contributed by atoms with Crippen LogP contribution in [-0.4, -0.2) is 23.8 Å². The molecule has 0 heterocycles. The maximum Gasteiger partial charge on any atom is 0.313 e. The van der Waals surface area contributed by atoms with Gasteiger partial charge in [0.05, 0.1) is 6.61 Å². The van der Waals surface area contributed by atoms with E-state index < -0.39 is 11.9 Å². The summed E-state index contributed by atoms with van der Waals surface area (Å²) in [5, 5.41) is 9.08. The molecule has 0 radical (unpaired) electrons. The molecule has 0 bridgehead atoms. The van der Waals surface area contributed by atoms with Gasteiger partial charge in [0.2, 0.25) is 0 Å². The molecule has 1 aromatic carbocycles. The van der Waals surface area contributed by atoms with E-state index in [9.17, 15) is 4.79 Å². The van der Waals surface area contributed by atoms with E-state index in [2.05, 4.69) is 5.92 Å². The summed E-state index contributed by atoms with van der Waals surface area (Å²) in [7, 11) is 0. The first kappa shape index (κ1) is 12.3. The number of carboxylic acid groups (broad SMARTS) is 1. The monoisotopic (exact) mass is 218 g/mol. The van der Waals surface area contributed by atoms with Crippen LogP contribution >= 0.6 is 0 Å². The van der Waals surface area contributed by atoms with Gasteiger partial charge >= 0.3 is 5.97 Å². The predicted molar refractivity (Wildman–Crippen MR) is 61.1 cm³/mol. The zero-order valence-electron chi connectivity index (χ0n) is 9.09. The third-order valence-electron chi connectivity index (χ3n) is 2.25. The maximum atomic E-state index is 11.1. The van der Waals surface area contributed by atoms with Crippen LogP contribution in [0, 0.1) is 12.3 Å². The van der Waals surface area contributed by atoms with Crippen molar-refractivity contribution in [3.8, 4) is 12.3 Å². The molecule has 3 nitrogen and oxygen atoms in total. The molecule has 0 fully saturated rings. The van der Waals surface area contributed by atoms with Gasteiger partial charge in [-0.25, -0.2) is 0 Å². The number of hydrogen-bond donors (Lipinski definition) is 1. The maximum absolute atomic E-state index is 11.1. The van der Waals surface area contributed by atoms with Crippen molar-refractivity contribution in [2.24, 2.45) is 0 Å². The second-order valence-electron chi connectivity index (χ2n) is 3.44. The van der Waals surface area contributed by atoms with Gasteiger partial charge in [0.15, 0.2) is 0 Å². The SMILES string of the molecule is C#CC(C)OCC(C(=O)O)c1ccccc1. The highest BCUT2D eigenvalue weighted by Crippen LogP contribution is 2.16. The van der Waals surface area contributed by atoms with Gasteiger partial charge in [-0.2, -0.15) is 0 Å². The first-order valence-electron chi connectivity index (χ1n) is 5.00. The van der Waals surface area contributed by atoms with Crippen molar-refractivity contribution in [1.29, 1.82) is 0 Å². The lowest BCUT2D eigenvalue weighted by molar-refractivity contribution is -0.140. The Hall–Kier alpha value is -1.79. The quantitative estimate of drug-likeness (QED) is 0.768. The molecule has 1 rings (SSSR count). The number of rotatable bonds is 5. The second kappa shape index (κ2) is 5.94. The summed E-state index contributed by atoms with van der Waals surface area (Å²) in [6.45, 7) is 1.80. The third-order valence-corrected chi connectivity index (χ3v) is 2.25. The Kier molecular flexibility index (Phi) is 4.56. The van der Waals surface area contributed by atoms with Gasteiger partial charge in [0.1, 0.15) is 12.0 Å². The van der Waals surface area contributed by atoms with E-state index in [-0.39, 0.29) is 12.7 Å². The highest BCUT2D eigenvalue weighted by molar-refractivity contribution is 5.76. The van der Waals surface area contributed by atoms with E-state index in [4.69, 9.17) is 16.3 Å². The minimum Gasteiger partial charge on any atom is -0.481 e. The third kappa shape index (κ3) is 3.41. The van der Waals surface area contributed by atoms with Crippen LogP contribution in [0.1, 0.15) is 18.4 Å². The van der Waals surface area contributed by atoms with Crippen LogP contribution in [0.15, 0.2) is 30.3 Å². The average Bonchev–Trinajstić information content (AvgIpc) is 2.30. The van der Waals surface area contributed by atoms with Gasteiger partial charge in [-0.05, 0) is 12.5 Å². The molecule has 16 heavy (non-hydrogen) atoms. The van der Waals surface area contributed by atoms with Crippen molar-refractivity contribution >= 4 is 5.97 Å². The van der Waals surface area contributed by atoms with Gasteiger partial charge in [0.25, 0.3) is 0 Å². The van der Waals surface area contributed by atoms with Crippen LogP contribution in [-0.2, 0) is 9.53 Å². The molecule has 0 saturated carbocycles. The van der Waals surface area contributed by atoms with Crippen molar-refractivity contribution in [3.63, 3.8) is 0 Å². The summed E-state index contributed by atoms with van der Waals surface area (Å²) in [5.41, 5.74) is 0.722. The molecule has 0 aliphatic carbocycles. The molecule has 1 N–H and O–H groups in total. The number of terminal acetylenes is 1. The fourth-order valence-corrected chi connectivity index (χ4v) is 1.28. The number of aliphatic carboxylic acids is 1.